The van der Waals surface area contributed by atoms with Gasteiger partial charge in [-0.05, 0) is 23.8 Å². The predicted molar refractivity (Wildman–Crippen MR) is 159 cm³/mol. The number of rotatable bonds is 4. The van der Waals surface area contributed by atoms with Gasteiger partial charge in [-0.15, -0.1) is 0 Å². The van der Waals surface area contributed by atoms with Crippen LogP contribution in [0, 0.1) is 0 Å². The van der Waals surface area contributed by atoms with Crippen molar-refractivity contribution in [2.45, 2.75) is 12.7 Å². The molecule has 0 atom stereocenters. The highest BCUT2D eigenvalue weighted by Crippen LogP contribution is 2.44. The van der Waals surface area contributed by atoms with Crippen molar-refractivity contribution in [3.8, 4) is 22.5 Å². The van der Waals surface area contributed by atoms with Crippen molar-refractivity contribution in [1.29, 1.82) is 0 Å². The van der Waals surface area contributed by atoms with Gasteiger partial charge in [-0.25, -0.2) is 9.97 Å². The zero-order chi connectivity index (χ0) is 28.1. The number of alkyl halides is 3. The third-order valence-corrected chi connectivity index (χ3v) is 7.58. The van der Waals surface area contributed by atoms with Crippen LogP contribution in [0.2, 0.25) is 5.02 Å². The summed E-state index contributed by atoms with van der Waals surface area (Å²) in [6.45, 7) is 0.329. The minimum atomic E-state index is -4.63. The van der Waals surface area contributed by atoms with E-state index in [1.54, 1.807) is 36.4 Å². The molecule has 0 aliphatic heterocycles. The van der Waals surface area contributed by atoms with E-state index in [1.165, 1.54) is 0 Å². The third kappa shape index (κ3) is 4.41. The van der Waals surface area contributed by atoms with Crippen LogP contribution >= 0.6 is 11.6 Å². The molecule has 7 rings (SSSR count). The number of benzene rings is 4. The smallest absolute Gasteiger partial charge is 0.319 e. The van der Waals surface area contributed by atoms with Gasteiger partial charge in [0.1, 0.15) is 5.65 Å². The molecule has 0 radical (unpaired) electrons. The summed E-state index contributed by atoms with van der Waals surface area (Å²) in [5.74, 6) is 0. The fraction of sp³-hybridized carbons (Fsp3) is 0.0588. The molecule has 41 heavy (non-hydrogen) atoms. The highest BCUT2D eigenvalue weighted by Gasteiger charge is 2.36. The Labute approximate surface area is 238 Å². The second kappa shape index (κ2) is 9.75. The molecule has 0 unspecified atom stereocenters. The van der Waals surface area contributed by atoms with E-state index in [2.05, 4.69) is 0 Å². The lowest BCUT2D eigenvalue weighted by atomic mass is 10.0. The number of nitrogens with zero attached hydrogens (tertiary/aromatic N) is 3. The monoisotopic (exact) mass is 563 g/mol. The Kier molecular flexibility index (Phi) is 6.02. The molecule has 3 nitrogen and oxygen atoms in total. The van der Waals surface area contributed by atoms with E-state index in [1.807, 2.05) is 77.4 Å². The van der Waals surface area contributed by atoms with Gasteiger partial charge in [-0.2, -0.15) is 13.2 Å². The van der Waals surface area contributed by atoms with Crippen molar-refractivity contribution in [3.05, 3.63) is 131 Å². The molecule has 0 fully saturated rings. The molecule has 4 aromatic carbocycles. The van der Waals surface area contributed by atoms with Gasteiger partial charge in [0.05, 0.1) is 33.4 Å². The summed E-state index contributed by atoms with van der Waals surface area (Å²) in [5.41, 5.74) is 3.51. The lowest BCUT2D eigenvalue weighted by Crippen LogP contribution is -2.08. The highest BCUT2D eigenvalue weighted by molar-refractivity contribution is 6.30. The number of halogens is 4. The topological polar surface area (TPSA) is 30.7 Å². The van der Waals surface area contributed by atoms with Crippen molar-refractivity contribution in [1.82, 2.24) is 14.5 Å². The number of aromatic nitrogens is 3. The molecule has 0 aliphatic rings. The standard InChI is InChI=1S/C34H21ClF3N3/c35-24-17-15-23(16-18-24)30-25-13-7-8-14-26(25)32-31(40-30)29-27(34(36,37)38)19-28(22-11-5-2-6-12-22)39-33(29)41(32)20-21-9-3-1-4-10-21/h1-19H,20H2. The molecule has 0 bridgehead atoms. The second-order valence-corrected chi connectivity index (χ2v) is 10.3. The Morgan fingerprint density at radius 1 is 0.683 bits per heavy atom. The number of hydrogen-bond acceptors (Lipinski definition) is 2. The van der Waals surface area contributed by atoms with E-state index in [0.29, 0.717) is 28.3 Å². The first-order valence-corrected chi connectivity index (χ1v) is 13.4. The largest absolute Gasteiger partial charge is 0.417 e. The zero-order valence-corrected chi connectivity index (χ0v) is 22.3. The van der Waals surface area contributed by atoms with E-state index >= 15 is 0 Å². The van der Waals surface area contributed by atoms with Gasteiger partial charge < -0.3 is 4.57 Å². The van der Waals surface area contributed by atoms with Crippen LogP contribution in [-0.4, -0.2) is 14.5 Å². The fourth-order valence-electron chi connectivity index (χ4n) is 5.49. The van der Waals surface area contributed by atoms with Gasteiger partial charge in [0.25, 0.3) is 0 Å². The molecule has 0 aliphatic carbocycles. The maximum Gasteiger partial charge on any atom is 0.417 e. The van der Waals surface area contributed by atoms with Gasteiger partial charge in [0, 0.05) is 33.5 Å². The van der Waals surface area contributed by atoms with Crippen LogP contribution in [0.5, 0.6) is 0 Å². The zero-order valence-electron chi connectivity index (χ0n) is 21.5. The molecule has 3 aromatic heterocycles. The van der Waals surface area contributed by atoms with Crippen molar-refractivity contribution >= 4 is 44.4 Å². The number of pyridine rings is 2. The molecule has 0 amide bonds. The fourth-order valence-corrected chi connectivity index (χ4v) is 5.62. The average Bonchev–Trinajstić information content (AvgIpc) is 3.30. The maximum atomic E-state index is 14.9. The van der Waals surface area contributed by atoms with E-state index in [-0.39, 0.29) is 22.2 Å². The molecular weight excluding hydrogens is 543 g/mol. The van der Waals surface area contributed by atoms with Crippen molar-refractivity contribution in [2.24, 2.45) is 0 Å². The Hall–Kier alpha value is -4.68. The summed E-state index contributed by atoms with van der Waals surface area (Å²) in [7, 11) is 0. The van der Waals surface area contributed by atoms with Crippen LogP contribution in [-0.2, 0) is 12.7 Å². The van der Waals surface area contributed by atoms with E-state index in [9.17, 15) is 13.2 Å². The van der Waals surface area contributed by atoms with E-state index in [0.717, 1.165) is 28.0 Å². The first-order chi connectivity index (χ1) is 19.9. The summed E-state index contributed by atoms with van der Waals surface area (Å²) >= 11 is 6.15. The van der Waals surface area contributed by atoms with E-state index in [4.69, 9.17) is 21.6 Å². The third-order valence-electron chi connectivity index (χ3n) is 7.32. The van der Waals surface area contributed by atoms with Gasteiger partial charge >= 0.3 is 6.18 Å². The van der Waals surface area contributed by atoms with Crippen LogP contribution in [0.15, 0.2) is 115 Å². The SMILES string of the molecule is FC(F)(F)c1cc(-c2ccccc2)nc2c1c1nc(-c3ccc(Cl)cc3)c3ccccc3c1n2Cc1ccccc1. The molecule has 0 N–H and O–H groups in total. The predicted octanol–water partition coefficient (Wildman–Crippen LogP) is 9.79. The lowest BCUT2D eigenvalue weighted by molar-refractivity contribution is -0.136. The molecule has 3 heterocycles. The molecular formula is C34H21ClF3N3. The Morgan fingerprint density at radius 2 is 1.32 bits per heavy atom. The van der Waals surface area contributed by atoms with Crippen LogP contribution < -0.4 is 0 Å². The summed E-state index contributed by atoms with van der Waals surface area (Å²) in [6.07, 6.45) is -4.63. The summed E-state index contributed by atoms with van der Waals surface area (Å²) in [5, 5.41) is 2.18. The van der Waals surface area contributed by atoms with Crippen molar-refractivity contribution < 1.29 is 13.2 Å². The first-order valence-electron chi connectivity index (χ1n) is 13.1. The first kappa shape index (κ1) is 25.3. The van der Waals surface area contributed by atoms with Crippen LogP contribution in [0.1, 0.15) is 11.1 Å². The molecule has 7 heteroatoms. The summed E-state index contributed by atoms with van der Waals surface area (Å²) in [4.78, 5) is 9.85. The van der Waals surface area contributed by atoms with Crippen LogP contribution in [0.25, 0.3) is 55.4 Å². The van der Waals surface area contributed by atoms with Gasteiger partial charge in [-0.3, -0.25) is 0 Å². The van der Waals surface area contributed by atoms with Crippen molar-refractivity contribution in [3.63, 3.8) is 0 Å². The summed E-state index contributed by atoms with van der Waals surface area (Å²) < 4.78 is 46.5. The molecule has 0 saturated carbocycles. The van der Waals surface area contributed by atoms with Gasteiger partial charge in [0.2, 0.25) is 0 Å². The summed E-state index contributed by atoms with van der Waals surface area (Å²) in [6, 6.07) is 34.6. The van der Waals surface area contributed by atoms with Gasteiger partial charge in [0.15, 0.2) is 0 Å². The Balaban J connectivity index is 1.67. The highest BCUT2D eigenvalue weighted by atomic mass is 35.5. The number of hydrogen-bond donors (Lipinski definition) is 0. The van der Waals surface area contributed by atoms with Crippen molar-refractivity contribution in [2.75, 3.05) is 0 Å². The maximum absolute atomic E-state index is 14.9. The number of fused-ring (bicyclic) bond motifs is 5. The minimum Gasteiger partial charge on any atom is -0.319 e. The Morgan fingerprint density at radius 3 is 2.00 bits per heavy atom. The molecule has 7 aromatic rings. The minimum absolute atomic E-state index is 0.0101. The van der Waals surface area contributed by atoms with Gasteiger partial charge in [-0.1, -0.05) is 109 Å². The molecule has 200 valence electrons. The van der Waals surface area contributed by atoms with Crippen LogP contribution in [0.4, 0.5) is 13.2 Å². The molecule has 0 saturated heterocycles. The normalized spacial score (nSPS) is 12.0. The Bertz CT molecular complexity index is 2050. The quantitative estimate of drug-likeness (QED) is 0.213. The van der Waals surface area contributed by atoms with E-state index < -0.39 is 11.7 Å². The average molecular weight is 564 g/mol. The second-order valence-electron chi connectivity index (χ2n) is 9.90. The molecule has 0 spiro atoms. The lowest BCUT2D eigenvalue weighted by Gasteiger charge is -2.12. The van der Waals surface area contributed by atoms with Crippen LogP contribution in [0.3, 0.4) is 0 Å².